The number of amides is 1. The number of carbonyl (C=O) groups excluding carboxylic acids is 1. The molecule has 3 N–H and O–H groups in total. The topological polar surface area (TPSA) is 69.6 Å². The molecule has 0 bridgehead atoms. The molecule has 1 unspecified atom stereocenters. The van der Waals surface area contributed by atoms with Crippen molar-refractivity contribution < 1.29 is 15.0 Å². The maximum atomic E-state index is 11.6. The van der Waals surface area contributed by atoms with Crippen molar-refractivity contribution in [2.24, 2.45) is 5.92 Å². The van der Waals surface area contributed by atoms with E-state index in [1.54, 1.807) is 12.1 Å². The van der Waals surface area contributed by atoms with Crippen LogP contribution in [0, 0.1) is 5.92 Å². The molecule has 4 heteroatoms. The average molecular weight is 251 g/mol. The van der Waals surface area contributed by atoms with Crippen molar-refractivity contribution >= 4 is 5.91 Å². The van der Waals surface area contributed by atoms with Crippen LogP contribution in [0.15, 0.2) is 30.3 Å². The average Bonchev–Trinajstić information content (AvgIpc) is 2.35. The fourth-order valence-corrected chi connectivity index (χ4v) is 1.74. The van der Waals surface area contributed by atoms with Crippen molar-refractivity contribution in [3.8, 4) is 0 Å². The Kier molecular flexibility index (Phi) is 5.82. The van der Waals surface area contributed by atoms with E-state index in [1.807, 2.05) is 32.0 Å². The van der Waals surface area contributed by atoms with E-state index >= 15 is 0 Å². The van der Waals surface area contributed by atoms with Gasteiger partial charge >= 0.3 is 0 Å². The van der Waals surface area contributed by atoms with E-state index in [4.69, 9.17) is 0 Å². The van der Waals surface area contributed by atoms with Crippen LogP contribution >= 0.6 is 0 Å². The van der Waals surface area contributed by atoms with Gasteiger partial charge in [0.05, 0.1) is 12.6 Å². The number of aliphatic hydroxyl groups excluding tert-OH is 2. The third-order valence-corrected chi connectivity index (χ3v) is 2.66. The fourth-order valence-electron chi connectivity index (χ4n) is 1.74. The Morgan fingerprint density at radius 1 is 1.28 bits per heavy atom. The SMILES string of the molecule is CC(C)CC(=O)N[C@@H](CO)C(O)c1ccccc1. The largest absolute Gasteiger partial charge is 0.394 e. The highest BCUT2D eigenvalue weighted by Crippen LogP contribution is 2.16. The van der Waals surface area contributed by atoms with Gasteiger partial charge in [-0.2, -0.15) is 0 Å². The van der Waals surface area contributed by atoms with E-state index in [1.165, 1.54) is 0 Å². The van der Waals surface area contributed by atoms with Crippen LogP contribution in [0.4, 0.5) is 0 Å². The summed E-state index contributed by atoms with van der Waals surface area (Å²) in [4.78, 5) is 11.6. The van der Waals surface area contributed by atoms with Crippen molar-refractivity contribution in [1.29, 1.82) is 0 Å². The second kappa shape index (κ2) is 7.13. The summed E-state index contributed by atoms with van der Waals surface area (Å²) in [6.45, 7) is 3.60. The van der Waals surface area contributed by atoms with Crippen molar-refractivity contribution in [2.75, 3.05) is 6.61 Å². The number of aliphatic hydroxyl groups is 2. The first-order valence-corrected chi connectivity index (χ1v) is 6.17. The molecule has 2 atom stereocenters. The zero-order chi connectivity index (χ0) is 13.5. The molecule has 1 amide bonds. The Bertz CT molecular complexity index is 365. The summed E-state index contributed by atoms with van der Waals surface area (Å²) in [6, 6.07) is 8.33. The monoisotopic (exact) mass is 251 g/mol. The van der Waals surface area contributed by atoms with Crippen LogP contribution in [-0.2, 0) is 4.79 Å². The van der Waals surface area contributed by atoms with Gasteiger partial charge in [-0.15, -0.1) is 0 Å². The minimum Gasteiger partial charge on any atom is -0.394 e. The molecule has 1 aromatic rings. The number of benzene rings is 1. The normalized spacial score (nSPS) is 14.3. The molecular formula is C14H21NO3. The van der Waals surface area contributed by atoms with E-state index in [2.05, 4.69) is 5.32 Å². The highest BCUT2D eigenvalue weighted by Gasteiger charge is 2.22. The lowest BCUT2D eigenvalue weighted by Crippen LogP contribution is -2.42. The molecular weight excluding hydrogens is 230 g/mol. The van der Waals surface area contributed by atoms with Gasteiger partial charge in [-0.25, -0.2) is 0 Å². The van der Waals surface area contributed by atoms with E-state index in [0.717, 1.165) is 0 Å². The number of nitrogens with one attached hydrogen (secondary N) is 1. The van der Waals surface area contributed by atoms with Crippen LogP contribution in [0.5, 0.6) is 0 Å². The second-order valence-corrected chi connectivity index (χ2v) is 4.81. The third kappa shape index (κ3) is 4.47. The fraction of sp³-hybridized carbons (Fsp3) is 0.500. The lowest BCUT2D eigenvalue weighted by molar-refractivity contribution is -0.123. The van der Waals surface area contributed by atoms with Crippen molar-refractivity contribution in [1.82, 2.24) is 5.32 Å². The van der Waals surface area contributed by atoms with Gasteiger partial charge < -0.3 is 15.5 Å². The van der Waals surface area contributed by atoms with Gasteiger partial charge in [-0.3, -0.25) is 4.79 Å². The maximum Gasteiger partial charge on any atom is 0.220 e. The molecule has 0 radical (unpaired) electrons. The minimum absolute atomic E-state index is 0.154. The molecule has 0 spiro atoms. The van der Waals surface area contributed by atoms with Crippen LogP contribution < -0.4 is 5.32 Å². The molecule has 1 rings (SSSR count). The van der Waals surface area contributed by atoms with Gasteiger partial charge in [0.2, 0.25) is 5.91 Å². The number of carbonyl (C=O) groups is 1. The molecule has 1 aromatic carbocycles. The van der Waals surface area contributed by atoms with Gasteiger partial charge in [0.1, 0.15) is 6.10 Å². The quantitative estimate of drug-likeness (QED) is 0.712. The van der Waals surface area contributed by atoms with Gasteiger partial charge in [0.15, 0.2) is 0 Å². The summed E-state index contributed by atoms with van der Waals surface area (Å²) in [5.74, 6) is 0.0947. The van der Waals surface area contributed by atoms with Crippen LogP contribution in [0.25, 0.3) is 0 Å². The lowest BCUT2D eigenvalue weighted by atomic mass is 10.0. The molecule has 0 heterocycles. The van der Waals surface area contributed by atoms with Crippen LogP contribution in [0.3, 0.4) is 0 Å². The molecule has 0 aromatic heterocycles. The first-order chi connectivity index (χ1) is 8.54. The van der Waals surface area contributed by atoms with Crippen LogP contribution in [0.2, 0.25) is 0 Å². The first kappa shape index (κ1) is 14.7. The van der Waals surface area contributed by atoms with E-state index in [9.17, 15) is 15.0 Å². The van der Waals surface area contributed by atoms with Gasteiger partial charge in [0.25, 0.3) is 0 Å². The molecule has 0 aliphatic rings. The summed E-state index contributed by atoms with van der Waals surface area (Å²) in [5, 5.41) is 22.0. The van der Waals surface area contributed by atoms with Crippen LogP contribution in [-0.4, -0.2) is 28.8 Å². The van der Waals surface area contributed by atoms with E-state index in [-0.39, 0.29) is 18.4 Å². The summed E-state index contributed by atoms with van der Waals surface area (Å²) in [5.41, 5.74) is 0.682. The van der Waals surface area contributed by atoms with Gasteiger partial charge in [-0.1, -0.05) is 44.2 Å². The smallest absolute Gasteiger partial charge is 0.220 e. The minimum atomic E-state index is -0.896. The lowest BCUT2D eigenvalue weighted by Gasteiger charge is -2.23. The Balaban J connectivity index is 2.63. The highest BCUT2D eigenvalue weighted by atomic mass is 16.3. The molecule has 0 fully saturated rings. The third-order valence-electron chi connectivity index (χ3n) is 2.66. The zero-order valence-electron chi connectivity index (χ0n) is 10.8. The van der Waals surface area contributed by atoms with E-state index < -0.39 is 12.1 Å². The highest BCUT2D eigenvalue weighted by molar-refractivity contribution is 5.76. The molecule has 0 aliphatic carbocycles. The predicted octanol–water partition coefficient (Wildman–Crippen LogP) is 1.24. The Morgan fingerprint density at radius 3 is 2.39 bits per heavy atom. The molecule has 0 aliphatic heterocycles. The molecule has 0 saturated heterocycles. The van der Waals surface area contributed by atoms with Gasteiger partial charge in [-0.05, 0) is 11.5 Å². The Labute approximate surface area is 108 Å². The summed E-state index contributed by atoms with van der Waals surface area (Å²) >= 11 is 0. The Morgan fingerprint density at radius 2 is 1.89 bits per heavy atom. The summed E-state index contributed by atoms with van der Waals surface area (Å²) in [6.07, 6.45) is -0.509. The molecule has 4 nitrogen and oxygen atoms in total. The zero-order valence-corrected chi connectivity index (χ0v) is 10.8. The van der Waals surface area contributed by atoms with E-state index in [0.29, 0.717) is 12.0 Å². The molecule has 0 saturated carbocycles. The summed E-state index contributed by atoms with van der Waals surface area (Å²) < 4.78 is 0. The number of hydrogen-bond acceptors (Lipinski definition) is 3. The standard InChI is InChI=1S/C14H21NO3/c1-10(2)8-13(17)15-12(9-16)14(18)11-6-4-3-5-7-11/h3-7,10,12,14,16,18H,8-9H2,1-2H3,(H,15,17)/t12-,14?/m0/s1. The number of hydrogen-bond donors (Lipinski definition) is 3. The maximum absolute atomic E-state index is 11.6. The molecule has 18 heavy (non-hydrogen) atoms. The Hall–Kier alpha value is -1.39. The van der Waals surface area contributed by atoms with Crippen molar-refractivity contribution in [3.63, 3.8) is 0 Å². The summed E-state index contributed by atoms with van der Waals surface area (Å²) in [7, 11) is 0. The van der Waals surface area contributed by atoms with Crippen LogP contribution in [0.1, 0.15) is 31.9 Å². The molecule has 100 valence electrons. The van der Waals surface area contributed by atoms with Gasteiger partial charge in [0, 0.05) is 6.42 Å². The van der Waals surface area contributed by atoms with Crippen molar-refractivity contribution in [3.05, 3.63) is 35.9 Å². The second-order valence-electron chi connectivity index (χ2n) is 4.81. The number of rotatable bonds is 6. The predicted molar refractivity (Wildman–Crippen MR) is 69.9 cm³/mol. The van der Waals surface area contributed by atoms with Crippen molar-refractivity contribution in [2.45, 2.75) is 32.4 Å². The first-order valence-electron chi connectivity index (χ1n) is 6.17.